The first kappa shape index (κ1) is 17.4. The molecule has 0 saturated carbocycles. The number of carbonyl (C=O) groups excluding carboxylic acids is 1. The van der Waals surface area contributed by atoms with Crippen LogP contribution in [0.3, 0.4) is 0 Å². The molecule has 0 spiro atoms. The van der Waals surface area contributed by atoms with Gasteiger partial charge < -0.3 is 9.88 Å². The average Bonchev–Trinajstić information content (AvgIpc) is 2.97. The van der Waals surface area contributed by atoms with Gasteiger partial charge in [0.15, 0.2) is 11.0 Å². The van der Waals surface area contributed by atoms with Crippen LogP contribution in [-0.2, 0) is 11.8 Å². The molecule has 0 saturated heterocycles. The van der Waals surface area contributed by atoms with Gasteiger partial charge in [-0.3, -0.25) is 9.78 Å². The first-order valence-electron chi connectivity index (χ1n) is 7.39. The zero-order chi connectivity index (χ0) is 17.8. The third-order valence-electron chi connectivity index (χ3n) is 3.42. The Kier molecular flexibility index (Phi) is 5.30. The Morgan fingerprint density at radius 2 is 2.16 bits per heavy atom. The van der Waals surface area contributed by atoms with Crippen LogP contribution in [-0.4, -0.2) is 36.4 Å². The van der Waals surface area contributed by atoms with Crippen molar-refractivity contribution in [3.8, 4) is 11.5 Å². The highest BCUT2D eigenvalue weighted by Gasteiger charge is 2.14. The van der Waals surface area contributed by atoms with Gasteiger partial charge in [-0.1, -0.05) is 23.4 Å². The summed E-state index contributed by atoms with van der Waals surface area (Å²) in [5.41, 5.74) is 2.29. The number of halogens is 1. The number of hydrogen-bond donors (Lipinski definition) is 1. The Morgan fingerprint density at radius 1 is 1.32 bits per heavy atom. The summed E-state index contributed by atoms with van der Waals surface area (Å²) in [6.07, 6.45) is 4.81. The van der Waals surface area contributed by atoms with Gasteiger partial charge in [0.25, 0.3) is 0 Å². The number of aromatic nitrogens is 5. The summed E-state index contributed by atoms with van der Waals surface area (Å²) >= 11 is 7.22. The van der Waals surface area contributed by atoms with E-state index in [1.165, 1.54) is 11.8 Å². The van der Waals surface area contributed by atoms with Crippen molar-refractivity contribution in [2.45, 2.75) is 12.1 Å². The van der Waals surface area contributed by atoms with E-state index in [9.17, 15) is 4.79 Å². The van der Waals surface area contributed by atoms with Gasteiger partial charge in [0.05, 0.1) is 11.9 Å². The number of carbonyl (C=O) groups is 1. The van der Waals surface area contributed by atoms with Crippen molar-refractivity contribution in [2.75, 3.05) is 11.1 Å². The molecule has 0 aliphatic heterocycles. The number of thioether (sulfide) groups is 1. The minimum absolute atomic E-state index is 0.125. The summed E-state index contributed by atoms with van der Waals surface area (Å²) < 4.78 is 1.79. The number of nitrogens with zero attached hydrogens (tertiary/aromatic N) is 5. The monoisotopic (exact) mass is 374 g/mol. The van der Waals surface area contributed by atoms with E-state index in [0.29, 0.717) is 21.7 Å². The zero-order valence-corrected chi connectivity index (χ0v) is 15.2. The number of hydrogen-bond acceptors (Lipinski definition) is 6. The van der Waals surface area contributed by atoms with Crippen LogP contribution in [0.1, 0.15) is 5.56 Å². The average molecular weight is 375 g/mol. The van der Waals surface area contributed by atoms with E-state index in [1.807, 2.05) is 14.0 Å². The first-order valence-corrected chi connectivity index (χ1v) is 8.75. The van der Waals surface area contributed by atoms with Crippen LogP contribution in [0.4, 0.5) is 5.69 Å². The fourth-order valence-corrected chi connectivity index (χ4v) is 3.10. The second kappa shape index (κ2) is 7.62. The van der Waals surface area contributed by atoms with Crippen molar-refractivity contribution in [3.05, 3.63) is 47.4 Å². The smallest absolute Gasteiger partial charge is 0.234 e. The minimum Gasteiger partial charge on any atom is -0.325 e. The molecule has 0 aliphatic rings. The highest BCUT2D eigenvalue weighted by atomic mass is 35.5. The van der Waals surface area contributed by atoms with E-state index in [1.54, 1.807) is 41.4 Å². The maximum Gasteiger partial charge on any atom is 0.234 e. The molecule has 1 N–H and O–H groups in total. The molecule has 3 rings (SSSR count). The molecular formula is C16H15ClN6OS. The van der Waals surface area contributed by atoms with Crippen LogP contribution >= 0.6 is 23.4 Å². The van der Waals surface area contributed by atoms with E-state index in [-0.39, 0.29) is 11.7 Å². The summed E-state index contributed by atoms with van der Waals surface area (Å²) in [5.74, 6) is 0.693. The predicted octanol–water partition coefficient (Wildman–Crippen LogP) is 2.96. The van der Waals surface area contributed by atoms with E-state index in [2.05, 4.69) is 25.5 Å². The first-order chi connectivity index (χ1) is 12.0. The summed E-state index contributed by atoms with van der Waals surface area (Å²) in [6, 6.07) is 5.34. The second-order valence-electron chi connectivity index (χ2n) is 5.25. The van der Waals surface area contributed by atoms with E-state index >= 15 is 0 Å². The Balaban J connectivity index is 1.64. The number of amides is 1. The summed E-state index contributed by atoms with van der Waals surface area (Å²) in [7, 11) is 1.83. The highest BCUT2D eigenvalue weighted by Crippen LogP contribution is 2.22. The molecule has 128 valence electrons. The number of rotatable bonds is 5. The van der Waals surface area contributed by atoms with Gasteiger partial charge in [-0.2, -0.15) is 0 Å². The van der Waals surface area contributed by atoms with E-state index in [4.69, 9.17) is 11.6 Å². The number of anilines is 1. The van der Waals surface area contributed by atoms with Crippen molar-refractivity contribution < 1.29 is 4.79 Å². The largest absolute Gasteiger partial charge is 0.325 e. The fourth-order valence-electron chi connectivity index (χ4n) is 2.16. The lowest BCUT2D eigenvalue weighted by molar-refractivity contribution is -0.113. The Hall–Kier alpha value is -2.45. The zero-order valence-electron chi connectivity index (χ0n) is 13.6. The van der Waals surface area contributed by atoms with Crippen LogP contribution in [0.5, 0.6) is 0 Å². The lowest BCUT2D eigenvalue weighted by atomic mass is 10.2. The molecular weight excluding hydrogens is 360 g/mol. The predicted molar refractivity (Wildman–Crippen MR) is 97.6 cm³/mol. The molecule has 2 aromatic heterocycles. The number of nitrogens with one attached hydrogen (secondary N) is 1. The molecule has 25 heavy (non-hydrogen) atoms. The SMILES string of the molecule is Cc1cc(Cl)ccc1NC(=O)CSc1nnc(-c2cnccn2)n1C. The van der Waals surface area contributed by atoms with Gasteiger partial charge in [-0.15, -0.1) is 10.2 Å². The van der Waals surface area contributed by atoms with Crippen molar-refractivity contribution in [1.82, 2.24) is 24.7 Å². The van der Waals surface area contributed by atoms with Gasteiger partial charge in [-0.05, 0) is 30.7 Å². The fraction of sp³-hybridized carbons (Fsp3) is 0.188. The quantitative estimate of drug-likeness (QED) is 0.691. The van der Waals surface area contributed by atoms with Gasteiger partial charge in [0, 0.05) is 30.2 Å². The van der Waals surface area contributed by atoms with Crippen LogP contribution in [0.2, 0.25) is 5.02 Å². The van der Waals surface area contributed by atoms with Crippen LogP contribution in [0, 0.1) is 6.92 Å². The standard InChI is InChI=1S/C16H15ClN6OS/c1-10-7-11(17)3-4-12(10)20-14(24)9-25-16-22-21-15(23(16)2)13-8-18-5-6-19-13/h3-8H,9H2,1-2H3,(H,20,24). The van der Waals surface area contributed by atoms with Crippen molar-refractivity contribution in [1.29, 1.82) is 0 Å². The molecule has 0 fully saturated rings. The summed E-state index contributed by atoms with van der Waals surface area (Å²) in [6.45, 7) is 1.89. The van der Waals surface area contributed by atoms with Gasteiger partial charge in [0.2, 0.25) is 5.91 Å². The Labute approximate surface area is 153 Å². The third kappa shape index (κ3) is 4.15. The molecule has 9 heteroatoms. The van der Waals surface area contributed by atoms with Crippen LogP contribution in [0.15, 0.2) is 41.9 Å². The number of benzene rings is 1. The van der Waals surface area contributed by atoms with Crippen LogP contribution < -0.4 is 5.32 Å². The minimum atomic E-state index is -0.125. The molecule has 0 radical (unpaired) electrons. The van der Waals surface area contributed by atoms with Gasteiger partial charge in [-0.25, -0.2) is 4.98 Å². The highest BCUT2D eigenvalue weighted by molar-refractivity contribution is 7.99. The third-order valence-corrected chi connectivity index (χ3v) is 4.68. The molecule has 0 aliphatic carbocycles. The van der Waals surface area contributed by atoms with Gasteiger partial charge >= 0.3 is 0 Å². The molecule has 0 unspecified atom stereocenters. The topological polar surface area (TPSA) is 85.6 Å². The van der Waals surface area contributed by atoms with Crippen LogP contribution in [0.25, 0.3) is 11.5 Å². The summed E-state index contributed by atoms with van der Waals surface area (Å²) in [4.78, 5) is 20.4. The van der Waals surface area contributed by atoms with Crippen molar-refractivity contribution in [2.24, 2.45) is 7.05 Å². The summed E-state index contributed by atoms with van der Waals surface area (Å²) in [5, 5.41) is 12.4. The molecule has 2 heterocycles. The van der Waals surface area contributed by atoms with E-state index < -0.39 is 0 Å². The molecule has 0 atom stereocenters. The number of aryl methyl sites for hydroxylation is 1. The van der Waals surface area contributed by atoms with Crippen molar-refractivity contribution in [3.63, 3.8) is 0 Å². The lowest BCUT2D eigenvalue weighted by Crippen LogP contribution is -2.15. The molecule has 1 amide bonds. The normalized spacial score (nSPS) is 10.7. The van der Waals surface area contributed by atoms with Gasteiger partial charge in [0.1, 0.15) is 5.69 Å². The second-order valence-corrected chi connectivity index (χ2v) is 6.63. The van der Waals surface area contributed by atoms with Crippen molar-refractivity contribution >= 4 is 35.0 Å². The lowest BCUT2D eigenvalue weighted by Gasteiger charge is -2.08. The molecule has 3 aromatic rings. The molecule has 1 aromatic carbocycles. The Morgan fingerprint density at radius 3 is 2.88 bits per heavy atom. The Bertz CT molecular complexity index is 899. The maximum absolute atomic E-state index is 12.2. The van der Waals surface area contributed by atoms with E-state index in [0.717, 1.165) is 11.3 Å². The molecule has 7 nitrogen and oxygen atoms in total. The maximum atomic E-state index is 12.2. The molecule has 0 bridgehead atoms.